The van der Waals surface area contributed by atoms with Crippen LogP contribution in [0.3, 0.4) is 0 Å². The van der Waals surface area contributed by atoms with Gasteiger partial charge in [-0.25, -0.2) is 8.42 Å². The third-order valence-electron chi connectivity index (χ3n) is 2.96. The molecule has 2 aromatic rings. The summed E-state index contributed by atoms with van der Waals surface area (Å²) in [4.78, 5) is 1.04. The molecule has 6 heteroatoms. The molecule has 0 radical (unpaired) electrons. The molecule has 0 N–H and O–H groups in total. The summed E-state index contributed by atoms with van der Waals surface area (Å²) < 4.78 is 26.0. The molecule has 0 fully saturated rings. The number of sulfonamides is 1. The summed E-state index contributed by atoms with van der Waals surface area (Å²) in [7, 11) is -1.69. The van der Waals surface area contributed by atoms with E-state index >= 15 is 0 Å². The SMILES string of the molecule is CN(Cc1cccs1)S(=O)(=O)Cc1ccc(CCl)cc1. The van der Waals surface area contributed by atoms with Crippen molar-refractivity contribution in [3.8, 4) is 0 Å². The third-order valence-corrected chi connectivity index (χ3v) is 5.91. The molecule has 1 aromatic heterocycles. The fraction of sp³-hybridized carbons (Fsp3) is 0.286. The predicted molar refractivity (Wildman–Crippen MR) is 84.4 cm³/mol. The lowest BCUT2D eigenvalue weighted by Crippen LogP contribution is -2.27. The molecule has 0 amide bonds. The number of benzene rings is 1. The number of halogens is 1. The van der Waals surface area contributed by atoms with Gasteiger partial charge in [0, 0.05) is 24.3 Å². The number of thiophene rings is 1. The summed E-state index contributed by atoms with van der Waals surface area (Å²) in [5, 5.41) is 1.95. The van der Waals surface area contributed by atoms with Crippen molar-refractivity contribution in [2.75, 3.05) is 7.05 Å². The molecule has 0 saturated heterocycles. The van der Waals surface area contributed by atoms with Crippen LogP contribution in [0.1, 0.15) is 16.0 Å². The first-order valence-corrected chi connectivity index (χ1v) is 9.14. The molecule has 0 aliphatic rings. The Labute approximate surface area is 128 Å². The van der Waals surface area contributed by atoms with Crippen LogP contribution in [0.4, 0.5) is 0 Å². The molecular weight excluding hydrogens is 314 g/mol. The second-order valence-corrected chi connectivity index (χ2v) is 7.92. The van der Waals surface area contributed by atoms with E-state index in [1.165, 1.54) is 4.31 Å². The highest BCUT2D eigenvalue weighted by Crippen LogP contribution is 2.16. The van der Waals surface area contributed by atoms with E-state index in [-0.39, 0.29) is 5.75 Å². The van der Waals surface area contributed by atoms with Crippen LogP contribution in [0.2, 0.25) is 0 Å². The molecule has 1 aromatic carbocycles. The average molecular weight is 330 g/mol. The molecular formula is C14H16ClNO2S2. The van der Waals surface area contributed by atoms with Crippen molar-refractivity contribution in [1.29, 1.82) is 0 Å². The van der Waals surface area contributed by atoms with Crippen molar-refractivity contribution in [3.05, 3.63) is 57.8 Å². The van der Waals surface area contributed by atoms with Gasteiger partial charge >= 0.3 is 0 Å². The molecule has 0 aliphatic carbocycles. The number of hydrogen-bond donors (Lipinski definition) is 0. The number of alkyl halides is 1. The zero-order valence-corrected chi connectivity index (χ0v) is 13.5. The first-order valence-electron chi connectivity index (χ1n) is 6.11. The molecule has 108 valence electrons. The van der Waals surface area contributed by atoms with Crippen LogP contribution >= 0.6 is 22.9 Å². The zero-order chi connectivity index (χ0) is 14.6. The highest BCUT2D eigenvalue weighted by atomic mass is 35.5. The normalized spacial score (nSPS) is 11.9. The van der Waals surface area contributed by atoms with Crippen LogP contribution in [-0.4, -0.2) is 19.8 Å². The summed E-state index contributed by atoms with van der Waals surface area (Å²) in [5.74, 6) is 0.447. The van der Waals surface area contributed by atoms with E-state index in [1.807, 2.05) is 41.8 Å². The van der Waals surface area contributed by atoms with Crippen LogP contribution < -0.4 is 0 Å². The average Bonchev–Trinajstić information content (AvgIpc) is 2.92. The summed E-state index contributed by atoms with van der Waals surface area (Å²) >= 11 is 7.27. The highest BCUT2D eigenvalue weighted by molar-refractivity contribution is 7.88. The lowest BCUT2D eigenvalue weighted by Gasteiger charge is -2.16. The zero-order valence-electron chi connectivity index (χ0n) is 11.1. The van der Waals surface area contributed by atoms with Crippen molar-refractivity contribution in [2.45, 2.75) is 18.2 Å². The minimum absolute atomic E-state index is 0.0114. The van der Waals surface area contributed by atoms with Gasteiger partial charge in [0.1, 0.15) is 0 Å². The van der Waals surface area contributed by atoms with Crippen molar-refractivity contribution < 1.29 is 8.42 Å². The van der Waals surface area contributed by atoms with Gasteiger partial charge in [0.2, 0.25) is 10.0 Å². The van der Waals surface area contributed by atoms with Gasteiger partial charge in [0.15, 0.2) is 0 Å². The summed E-state index contributed by atoms with van der Waals surface area (Å²) in [5.41, 5.74) is 1.76. The van der Waals surface area contributed by atoms with E-state index < -0.39 is 10.0 Å². The number of nitrogens with zero attached hydrogens (tertiary/aromatic N) is 1. The molecule has 0 bridgehead atoms. The predicted octanol–water partition coefficient (Wildman–Crippen LogP) is 3.45. The van der Waals surface area contributed by atoms with Crippen molar-refractivity contribution in [2.24, 2.45) is 0 Å². The summed E-state index contributed by atoms with van der Waals surface area (Å²) in [6, 6.07) is 11.2. The maximum absolute atomic E-state index is 12.3. The highest BCUT2D eigenvalue weighted by Gasteiger charge is 2.19. The maximum Gasteiger partial charge on any atom is 0.218 e. The van der Waals surface area contributed by atoms with Gasteiger partial charge in [-0.15, -0.1) is 22.9 Å². The Hall–Kier alpha value is -0.880. The van der Waals surface area contributed by atoms with Crippen LogP contribution in [-0.2, 0) is 28.2 Å². The Morgan fingerprint density at radius 3 is 2.35 bits per heavy atom. The van der Waals surface area contributed by atoms with Gasteiger partial charge in [-0.3, -0.25) is 0 Å². The van der Waals surface area contributed by atoms with Crippen molar-refractivity contribution in [3.63, 3.8) is 0 Å². The van der Waals surface area contributed by atoms with Crippen LogP contribution in [0.25, 0.3) is 0 Å². The summed E-state index contributed by atoms with van der Waals surface area (Å²) in [6.45, 7) is 0.416. The molecule has 0 aliphatic heterocycles. The van der Waals surface area contributed by atoms with Gasteiger partial charge in [-0.05, 0) is 22.6 Å². The van der Waals surface area contributed by atoms with Crippen LogP contribution in [0.15, 0.2) is 41.8 Å². The molecule has 3 nitrogen and oxygen atoms in total. The number of hydrogen-bond acceptors (Lipinski definition) is 3. The quantitative estimate of drug-likeness (QED) is 0.761. The Bertz CT molecular complexity index is 636. The number of rotatable bonds is 6. The minimum atomic E-state index is -3.30. The van der Waals surface area contributed by atoms with Gasteiger partial charge in [-0.2, -0.15) is 4.31 Å². The minimum Gasteiger partial charge on any atom is -0.212 e. The van der Waals surface area contributed by atoms with E-state index in [1.54, 1.807) is 18.4 Å². The first-order chi connectivity index (χ1) is 9.51. The largest absolute Gasteiger partial charge is 0.218 e. The fourth-order valence-corrected chi connectivity index (χ4v) is 3.95. The van der Waals surface area contributed by atoms with Gasteiger partial charge in [-0.1, -0.05) is 30.3 Å². The smallest absolute Gasteiger partial charge is 0.212 e. The topological polar surface area (TPSA) is 37.4 Å². The summed E-state index contributed by atoms with van der Waals surface area (Å²) in [6.07, 6.45) is 0. The van der Waals surface area contributed by atoms with Gasteiger partial charge < -0.3 is 0 Å². The van der Waals surface area contributed by atoms with E-state index in [0.717, 1.165) is 16.0 Å². The Morgan fingerprint density at radius 1 is 1.15 bits per heavy atom. The lowest BCUT2D eigenvalue weighted by molar-refractivity contribution is 0.469. The monoisotopic (exact) mass is 329 g/mol. The fourth-order valence-electron chi connectivity index (χ4n) is 1.77. The standard InChI is InChI=1S/C14H16ClNO2S2/c1-16(10-14-3-2-8-19-14)20(17,18)11-13-6-4-12(9-15)5-7-13/h2-8H,9-11H2,1H3. The lowest BCUT2D eigenvalue weighted by atomic mass is 10.2. The van der Waals surface area contributed by atoms with Crippen molar-refractivity contribution >= 4 is 33.0 Å². The van der Waals surface area contributed by atoms with Crippen LogP contribution in [0, 0.1) is 0 Å². The van der Waals surface area contributed by atoms with Crippen LogP contribution in [0.5, 0.6) is 0 Å². The van der Waals surface area contributed by atoms with E-state index in [9.17, 15) is 8.42 Å². The molecule has 0 saturated carbocycles. The molecule has 20 heavy (non-hydrogen) atoms. The second kappa shape index (κ2) is 6.72. The van der Waals surface area contributed by atoms with Crippen molar-refractivity contribution in [1.82, 2.24) is 4.31 Å². The molecule has 1 heterocycles. The second-order valence-electron chi connectivity index (χ2n) is 4.54. The molecule has 0 spiro atoms. The third kappa shape index (κ3) is 4.06. The van der Waals surface area contributed by atoms with Gasteiger partial charge in [0.05, 0.1) is 5.75 Å². The van der Waals surface area contributed by atoms with E-state index in [2.05, 4.69) is 0 Å². The Morgan fingerprint density at radius 2 is 1.80 bits per heavy atom. The Balaban J connectivity index is 2.05. The molecule has 0 unspecified atom stereocenters. The van der Waals surface area contributed by atoms with Gasteiger partial charge in [0.25, 0.3) is 0 Å². The maximum atomic E-state index is 12.3. The van der Waals surface area contributed by atoms with E-state index in [0.29, 0.717) is 12.4 Å². The first kappa shape index (κ1) is 15.5. The Kier molecular flexibility index (Phi) is 5.21. The molecule has 0 atom stereocenters. The van der Waals surface area contributed by atoms with E-state index in [4.69, 9.17) is 11.6 Å². The molecule has 2 rings (SSSR count).